The monoisotopic (exact) mass is 288 g/mol. The summed E-state index contributed by atoms with van der Waals surface area (Å²) in [6.45, 7) is 1.56. The molecule has 1 aromatic rings. The average molecular weight is 288 g/mol. The number of hydrogen-bond acceptors (Lipinski definition) is 2. The number of nitrogens with zero attached hydrogens (tertiary/aromatic N) is 1. The molecule has 0 saturated heterocycles. The second-order valence-electron chi connectivity index (χ2n) is 4.90. The van der Waals surface area contributed by atoms with Gasteiger partial charge in [0.15, 0.2) is 0 Å². The molecular formula is C14H19F3N2O. The van der Waals surface area contributed by atoms with Crippen LogP contribution < -0.4 is 5.32 Å². The molecule has 20 heavy (non-hydrogen) atoms. The van der Waals surface area contributed by atoms with E-state index in [9.17, 15) is 18.0 Å². The fourth-order valence-electron chi connectivity index (χ4n) is 1.95. The van der Waals surface area contributed by atoms with Crippen molar-refractivity contribution in [1.82, 2.24) is 10.2 Å². The molecule has 0 fully saturated rings. The molecule has 0 aliphatic heterocycles. The molecule has 0 saturated carbocycles. The standard InChI is InChI=1S/C14H19F3N2O/c1-10(13(20)19(2)3)18-12(9-14(15,16)17)11-7-5-4-6-8-11/h4-8,10,12,18H,9H2,1-3H3. The molecule has 0 aliphatic rings. The molecule has 0 aromatic heterocycles. The van der Waals surface area contributed by atoms with Crippen LogP contribution >= 0.6 is 0 Å². The first-order chi connectivity index (χ1) is 9.20. The molecule has 2 unspecified atom stereocenters. The number of carbonyl (C=O) groups is 1. The fraction of sp³-hybridized carbons (Fsp3) is 0.500. The van der Waals surface area contributed by atoms with Crippen molar-refractivity contribution >= 4 is 5.91 Å². The van der Waals surface area contributed by atoms with Crippen LogP contribution in [0.25, 0.3) is 0 Å². The van der Waals surface area contributed by atoms with Gasteiger partial charge < -0.3 is 4.90 Å². The highest BCUT2D eigenvalue weighted by molar-refractivity contribution is 5.80. The maximum absolute atomic E-state index is 12.7. The molecule has 1 amide bonds. The molecule has 0 bridgehead atoms. The van der Waals surface area contributed by atoms with Gasteiger partial charge in [-0.15, -0.1) is 0 Å². The Morgan fingerprint density at radius 1 is 1.25 bits per heavy atom. The number of halogens is 3. The van der Waals surface area contributed by atoms with E-state index in [2.05, 4.69) is 5.32 Å². The minimum absolute atomic E-state index is 0.256. The van der Waals surface area contributed by atoms with Crippen molar-refractivity contribution in [2.45, 2.75) is 31.6 Å². The van der Waals surface area contributed by atoms with Gasteiger partial charge in [0.25, 0.3) is 0 Å². The summed E-state index contributed by atoms with van der Waals surface area (Å²) in [7, 11) is 3.14. The molecule has 0 spiro atoms. The van der Waals surface area contributed by atoms with Crippen LogP contribution in [0.1, 0.15) is 24.9 Å². The Hall–Kier alpha value is -1.56. The largest absolute Gasteiger partial charge is 0.390 e. The Morgan fingerprint density at radius 3 is 2.25 bits per heavy atom. The van der Waals surface area contributed by atoms with Crippen LogP contribution in [-0.2, 0) is 4.79 Å². The second-order valence-corrected chi connectivity index (χ2v) is 4.90. The van der Waals surface area contributed by atoms with Gasteiger partial charge in [-0.25, -0.2) is 0 Å². The molecule has 112 valence electrons. The lowest BCUT2D eigenvalue weighted by molar-refractivity contribution is -0.143. The van der Waals surface area contributed by atoms with Crippen LogP contribution in [0.4, 0.5) is 13.2 Å². The second kappa shape index (κ2) is 6.74. The molecule has 0 aliphatic carbocycles. The maximum Gasteiger partial charge on any atom is 0.390 e. The van der Waals surface area contributed by atoms with Crippen molar-refractivity contribution in [2.75, 3.05) is 14.1 Å². The smallest absolute Gasteiger partial charge is 0.347 e. The van der Waals surface area contributed by atoms with Gasteiger partial charge in [-0.1, -0.05) is 30.3 Å². The highest BCUT2D eigenvalue weighted by Crippen LogP contribution is 2.29. The molecule has 0 radical (unpaired) electrons. The zero-order chi connectivity index (χ0) is 15.3. The van der Waals surface area contributed by atoms with E-state index in [-0.39, 0.29) is 5.91 Å². The van der Waals surface area contributed by atoms with Crippen molar-refractivity contribution in [1.29, 1.82) is 0 Å². The number of benzene rings is 1. The third kappa shape index (κ3) is 5.21. The van der Waals surface area contributed by atoms with Crippen LogP contribution in [0.5, 0.6) is 0 Å². The summed E-state index contributed by atoms with van der Waals surface area (Å²) in [6, 6.07) is 6.72. The lowest BCUT2D eigenvalue weighted by atomic mass is 10.0. The number of likely N-dealkylation sites (N-methyl/N-ethyl adjacent to an activating group) is 1. The van der Waals surface area contributed by atoms with Crippen molar-refractivity contribution in [3.8, 4) is 0 Å². The summed E-state index contributed by atoms with van der Waals surface area (Å²) in [4.78, 5) is 13.1. The minimum Gasteiger partial charge on any atom is -0.347 e. The van der Waals surface area contributed by atoms with Gasteiger partial charge in [0.05, 0.1) is 12.5 Å². The summed E-state index contributed by atoms with van der Waals surface area (Å²) >= 11 is 0. The molecule has 0 heterocycles. The maximum atomic E-state index is 12.7. The Morgan fingerprint density at radius 2 is 1.80 bits per heavy atom. The third-order valence-electron chi connectivity index (χ3n) is 2.90. The van der Waals surface area contributed by atoms with E-state index < -0.39 is 24.7 Å². The Labute approximate surface area is 116 Å². The van der Waals surface area contributed by atoms with E-state index in [1.54, 1.807) is 51.4 Å². The van der Waals surface area contributed by atoms with E-state index in [0.717, 1.165) is 0 Å². The van der Waals surface area contributed by atoms with Crippen LogP contribution in [-0.4, -0.2) is 37.1 Å². The molecule has 1 rings (SSSR count). The fourth-order valence-corrected chi connectivity index (χ4v) is 1.95. The molecule has 2 atom stereocenters. The van der Waals surface area contributed by atoms with Crippen molar-refractivity contribution < 1.29 is 18.0 Å². The van der Waals surface area contributed by atoms with Crippen LogP contribution in [0, 0.1) is 0 Å². The number of carbonyl (C=O) groups excluding carboxylic acids is 1. The lowest BCUT2D eigenvalue weighted by Gasteiger charge is -2.26. The lowest BCUT2D eigenvalue weighted by Crippen LogP contribution is -2.44. The summed E-state index contributed by atoms with van der Waals surface area (Å²) in [6.07, 6.45) is -5.31. The van der Waals surface area contributed by atoms with Gasteiger partial charge >= 0.3 is 6.18 Å². The molecule has 1 N–H and O–H groups in total. The normalized spacial score (nSPS) is 14.7. The van der Waals surface area contributed by atoms with Gasteiger partial charge in [0.2, 0.25) is 5.91 Å². The summed E-state index contributed by atoms with van der Waals surface area (Å²) in [5.74, 6) is -0.256. The Kier molecular flexibility index (Phi) is 5.56. The summed E-state index contributed by atoms with van der Waals surface area (Å²) < 4.78 is 38.0. The predicted octanol–water partition coefficient (Wildman–Crippen LogP) is 2.75. The van der Waals surface area contributed by atoms with Gasteiger partial charge in [-0.2, -0.15) is 13.2 Å². The number of amides is 1. The first kappa shape index (κ1) is 16.5. The predicted molar refractivity (Wildman–Crippen MR) is 71.1 cm³/mol. The van der Waals surface area contributed by atoms with Crippen molar-refractivity contribution in [3.63, 3.8) is 0 Å². The Balaban J connectivity index is 2.87. The average Bonchev–Trinajstić information content (AvgIpc) is 2.36. The van der Waals surface area contributed by atoms with E-state index in [1.165, 1.54) is 4.90 Å². The third-order valence-corrected chi connectivity index (χ3v) is 2.90. The topological polar surface area (TPSA) is 32.3 Å². The number of rotatable bonds is 5. The summed E-state index contributed by atoms with van der Waals surface area (Å²) in [5.41, 5.74) is 0.517. The molecule has 6 heteroatoms. The van der Waals surface area contributed by atoms with Crippen molar-refractivity contribution in [3.05, 3.63) is 35.9 Å². The number of alkyl halides is 3. The van der Waals surface area contributed by atoms with Crippen LogP contribution in [0.2, 0.25) is 0 Å². The first-order valence-corrected chi connectivity index (χ1v) is 6.29. The SMILES string of the molecule is CC(NC(CC(F)(F)F)c1ccccc1)C(=O)N(C)C. The first-order valence-electron chi connectivity index (χ1n) is 6.29. The van der Waals surface area contributed by atoms with Crippen LogP contribution in [0.3, 0.4) is 0 Å². The van der Waals surface area contributed by atoms with Gasteiger partial charge in [0.1, 0.15) is 0 Å². The van der Waals surface area contributed by atoms with E-state index in [0.29, 0.717) is 5.56 Å². The number of hydrogen-bond donors (Lipinski definition) is 1. The van der Waals surface area contributed by atoms with E-state index in [4.69, 9.17) is 0 Å². The zero-order valence-corrected chi connectivity index (χ0v) is 11.7. The van der Waals surface area contributed by atoms with Crippen molar-refractivity contribution in [2.24, 2.45) is 0 Å². The highest BCUT2D eigenvalue weighted by atomic mass is 19.4. The molecule has 1 aromatic carbocycles. The quantitative estimate of drug-likeness (QED) is 0.903. The van der Waals surface area contributed by atoms with E-state index >= 15 is 0 Å². The van der Waals surface area contributed by atoms with E-state index in [1.807, 2.05) is 0 Å². The van der Waals surface area contributed by atoms with Crippen LogP contribution in [0.15, 0.2) is 30.3 Å². The molecule has 3 nitrogen and oxygen atoms in total. The number of nitrogens with one attached hydrogen (secondary N) is 1. The Bertz CT molecular complexity index is 432. The highest BCUT2D eigenvalue weighted by Gasteiger charge is 2.34. The van der Waals surface area contributed by atoms with Gasteiger partial charge in [-0.3, -0.25) is 10.1 Å². The zero-order valence-electron chi connectivity index (χ0n) is 11.7. The van der Waals surface area contributed by atoms with Gasteiger partial charge in [-0.05, 0) is 12.5 Å². The molecular weight excluding hydrogens is 269 g/mol. The van der Waals surface area contributed by atoms with Gasteiger partial charge in [0, 0.05) is 20.1 Å². The minimum atomic E-state index is -4.30. The summed E-state index contributed by atoms with van der Waals surface area (Å²) in [5, 5.41) is 2.76.